The quantitative estimate of drug-likeness (QED) is 0.834. The van der Waals surface area contributed by atoms with E-state index >= 15 is 0 Å². The van der Waals surface area contributed by atoms with Crippen LogP contribution in [0.3, 0.4) is 0 Å². The molecule has 1 aromatic heterocycles. The van der Waals surface area contributed by atoms with Crippen molar-refractivity contribution in [1.29, 1.82) is 0 Å². The Morgan fingerprint density at radius 3 is 2.61 bits per heavy atom. The highest BCUT2D eigenvalue weighted by Gasteiger charge is 2.18. The number of hydrogen-bond acceptors (Lipinski definition) is 3. The van der Waals surface area contributed by atoms with E-state index in [0.717, 1.165) is 10.0 Å². The molecule has 0 spiro atoms. The minimum absolute atomic E-state index is 0.270. The molecule has 1 aromatic carbocycles. The second-order valence-corrected chi connectivity index (χ2v) is 8.16. The van der Waals surface area contributed by atoms with E-state index in [2.05, 4.69) is 36.6 Å². The molecule has 0 aliphatic rings. The summed E-state index contributed by atoms with van der Waals surface area (Å²) in [5.41, 5.74) is 0.903. The third-order valence-electron chi connectivity index (χ3n) is 2.18. The Labute approximate surface area is 127 Å². The molecule has 7 heteroatoms. The van der Waals surface area contributed by atoms with Gasteiger partial charge in [-0.2, -0.15) is 0 Å². The molecule has 0 aliphatic carbocycles. The second-order valence-electron chi connectivity index (χ2n) is 3.51. The van der Waals surface area contributed by atoms with Crippen LogP contribution in [-0.4, -0.2) is 8.42 Å². The van der Waals surface area contributed by atoms with Gasteiger partial charge in [-0.1, -0.05) is 28.1 Å². The molecule has 3 nitrogen and oxygen atoms in total. The molecular weight excluding hydrogens is 402 g/mol. The minimum atomic E-state index is -3.45. The molecule has 1 N–H and O–H groups in total. The SMILES string of the molecule is O=S(=O)(NCc1cccc(Br)c1)c1sccc1Br. The maximum Gasteiger partial charge on any atom is 0.251 e. The zero-order chi connectivity index (χ0) is 13.2. The number of nitrogens with one attached hydrogen (secondary N) is 1. The molecule has 0 bridgehead atoms. The van der Waals surface area contributed by atoms with Crippen molar-refractivity contribution < 1.29 is 8.42 Å². The van der Waals surface area contributed by atoms with Crippen LogP contribution in [0.4, 0.5) is 0 Å². The van der Waals surface area contributed by atoms with Crippen LogP contribution in [0.1, 0.15) is 5.56 Å². The Morgan fingerprint density at radius 1 is 1.22 bits per heavy atom. The van der Waals surface area contributed by atoms with Crippen molar-refractivity contribution >= 4 is 53.2 Å². The maximum atomic E-state index is 12.0. The summed E-state index contributed by atoms with van der Waals surface area (Å²) in [4.78, 5) is 0. The van der Waals surface area contributed by atoms with Gasteiger partial charge < -0.3 is 0 Å². The molecule has 2 aromatic rings. The van der Waals surface area contributed by atoms with E-state index in [1.807, 2.05) is 24.3 Å². The lowest BCUT2D eigenvalue weighted by Gasteiger charge is -2.06. The Balaban J connectivity index is 2.13. The van der Waals surface area contributed by atoms with Gasteiger partial charge in [0.2, 0.25) is 0 Å². The molecule has 0 saturated heterocycles. The number of benzene rings is 1. The summed E-state index contributed by atoms with van der Waals surface area (Å²) in [6, 6.07) is 9.24. The summed E-state index contributed by atoms with van der Waals surface area (Å²) < 4.78 is 28.5. The number of rotatable bonds is 4. The van der Waals surface area contributed by atoms with Gasteiger partial charge in [-0.3, -0.25) is 0 Å². The minimum Gasteiger partial charge on any atom is -0.206 e. The summed E-state index contributed by atoms with van der Waals surface area (Å²) in [5, 5.41) is 1.73. The molecule has 18 heavy (non-hydrogen) atoms. The lowest BCUT2D eigenvalue weighted by molar-refractivity contribution is 0.583. The molecule has 0 amide bonds. The monoisotopic (exact) mass is 409 g/mol. The first-order valence-corrected chi connectivity index (χ1v) is 8.91. The van der Waals surface area contributed by atoms with E-state index < -0.39 is 10.0 Å². The van der Waals surface area contributed by atoms with Crippen LogP contribution in [0.5, 0.6) is 0 Å². The van der Waals surface area contributed by atoms with Crippen LogP contribution in [-0.2, 0) is 16.6 Å². The van der Waals surface area contributed by atoms with Crippen molar-refractivity contribution in [3.63, 3.8) is 0 Å². The fourth-order valence-electron chi connectivity index (χ4n) is 1.36. The summed E-state index contributed by atoms with van der Waals surface area (Å²) >= 11 is 7.76. The highest BCUT2D eigenvalue weighted by Crippen LogP contribution is 2.27. The van der Waals surface area contributed by atoms with Crippen molar-refractivity contribution in [2.45, 2.75) is 10.8 Å². The van der Waals surface area contributed by atoms with Crippen LogP contribution in [0, 0.1) is 0 Å². The first-order chi connectivity index (χ1) is 8.49. The molecule has 96 valence electrons. The Bertz CT molecular complexity index is 653. The fraction of sp³-hybridized carbons (Fsp3) is 0.0909. The topological polar surface area (TPSA) is 46.2 Å². The van der Waals surface area contributed by atoms with Gasteiger partial charge in [0.1, 0.15) is 4.21 Å². The zero-order valence-corrected chi connectivity index (χ0v) is 13.9. The van der Waals surface area contributed by atoms with Gasteiger partial charge in [0.25, 0.3) is 10.0 Å². The zero-order valence-electron chi connectivity index (χ0n) is 9.06. The molecule has 0 radical (unpaired) electrons. The van der Waals surface area contributed by atoms with Crippen LogP contribution < -0.4 is 4.72 Å². The molecule has 0 atom stereocenters. The van der Waals surface area contributed by atoms with Gasteiger partial charge in [-0.25, -0.2) is 13.1 Å². The second kappa shape index (κ2) is 5.83. The summed E-state index contributed by atoms with van der Waals surface area (Å²) in [6.07, 6.45) is 0. The van der Waals surface area contributed by atoms with Gasteiger partial charge in [-0.05, 0) is 45.1 Å². The molecular formula is C11H9Br2NO2S2. The van der Waals surface area contributed by atoms with Gasteiger partial charge in [0.15, 0.2) is 0 Å². The van der Waals surface area contributed by atoms with E-state index in [0.29, 0.717) is 8.68 Å². The van der Waals surface area contributed by atoms with Crippen molar-refractivity contribution in [3.05, 3.63) is 50.2 Å². The standard InChI is InChI=1S/C11H9Br2NO2S2/c12-9-3-1-2-8(6-9)7-14-18(15,16)11-10(13)4-5-17-11/h1-6,14H,7H2. The van der Waals surface area contributed by atoms with Crippen molar-refractivity contribution in [3.8, 4) is 0 Å². The molecule has 0 aliphatic heterocycles. The molecule has 0 fully saturated rings. The molecule has 1 heterocycles. The number of hydrogen-bond donors (Lipinski definition) is 1. The number of sulfonamides is 1. The van der Waals surface area contributed by atoms with E-state index in [1.165, 1.54) is 11.3 Å². The lowest BCUT2D eigenvalue weighted by Crippen LogP contribution is -2.22. The van der Waals surface area contributed by atoms with Crippen LogP contribution in [0.2, 0.25) is 0 Å². The van der Waals surface area contributed by atoms with Gasteiger partial charge in [0.05, 0.1) is 0 Å². The highest BCUT2D eigenvalue weighted by atomic mass is 79.9. The lowest BCUT2D eigenvalue weighted by atomic mass is 10.2. The van der Waals surface area contributed by atoms with E-state index in [9.17, 15) is 8.42 Å². The number of halogens is 2. The average Bonchev–Trinajstić information content (AvgIpc) is 2.74. The smallest absolute Gasteiger partial charge is 0.206 e. The molecule has 0 saturated carbocycles. The van der Waals surface area contributed by atoms with E-state index in [1.54, 1.807) is 11.4 Å². The summed E-state index contributed by atoms with van der Waals surface area (Å²) in [6.45, 7) is 0.270. The maximum absolute atomic E-state index is 12.0. The predicted molar refractivity (Wildman–Crippen MR) is 80.2 cm³/mol. The molecule has 2 rings (SSSR count). The van der Waals surface area contributed by atoms with Crippen molar-refractivity contribution in [1.82, 2.24) is 4.72 Å². The third-order valence-corrected chi connectivity index (χ3v) is 6.75. The van der Waals surface area contributed by atoms with Crippen LogP contribution >= 0.6 is 43.2 Å². The van der Waals surface area contributed by atoms with E-state index in [4.69, 9.17) is 0 Å². The highest BCUT2D eigenvalue weighted by molar-refractivity contribution is 9.10. The van der Waals surface area contributed by atoms with Gasteiger partial charge in [-0.15, -0.1) is 11.3 Å². The normalized spacial score (nSPS) is 11.7. The Hall–Kier alpha value is -0.210. The van der Waals surface area contributed by atoms with Crippen molar-refractivity contribution in [2.75, 3.05) is 0 Å². The largest absolute Gasteiger partial charge is 0.251 e. The predicted octanol–water partition coefficient (Wildman–Crippen LogP) is 3.75. The number of thiophene rings is 1. The van der Waals surface area contributed by atoms with Gasteiger partial charge >= 0.3 is 0 Å². The Kier molecular flexibility index (Phi) is 4.60. The third kappa shape index (κ3) is 3.42. The van der Waals surface area contributed by atoms with Crippen LogP contribution in [0.25, 0.3) is 0 Å². The summed E-state index contributed by atoms with van der Waals surface area (Å²) in [7, 11) is -3.45. The Morgan fingerprint density at radius 2 is 2.00 bits per heavy atom. The first-order valence-electron chi connectivity index (χ1n) is 4.96. The van der Waals surface area contributed by atoms with Crippen LogP contribution in [0.15, 0.2) is 48.9 Å². The average molecular weight is 411 g/mol. The summed E-state index contributed by atoms with van der Waals surface area (Å²) in [5.74, 6) is 0. The van der Waals surface area contributed by atoms with Gasteiger partial charge in [0, 0.05) is 15.5 Å². The fourth-order valence-corrected chi connectivity index (χ4v) is 5.21. The molecule has 0 unspecified atom stereocenters. The van der Waals surface area contributed by atoms with Crippen molar-refractivity contribution in [2.24, 2.45) is 0 Å². The van der Waals surface area contributed by atoms with E-state index in [-0.39, 0.29) is 6.54 Å². The first kappa shape index (κ1) is 14.2.